The summed E-state index contributed by atoms with van der Waals surface area (Å²) < 4.78 is 10.9. The number of ether oxygens (including phenoxy) is 2. The van der Waals surface area contributed by atoms with Crippen LogP contribution in [0.25, 0.3) is 0 Å². The molecule has 2 aliphatic rings. The first-order valence-electron chi connectivity index (χ1n) is 8.26. The van der Waals surface area contributed by atoms with E-state index in [1.807, 2.05) is 0 Å². The van der Waals surface area contributed by atoms with E-state index in [0.29, 0.717) is 56.6 Å². The third-order valence-corrected chi connectivity index (χ3v) is 4.22. The highest BCUT2D eigenvalue weighted by atomic mass is 16.6. The molecule has 25 heavy (non-hydrogen) atoms. The maximum Gasteiger partial charge on any atom is 0.233 e. The summed E-state index contributed by atoms with van der Waals surface area (Å²) in [5, 5.41) is 2.70. The lowest BCUT2D eigenvalue weighted by Crippen LogP contribution is -2.50. The Kier molecular flexibility index (Phi) is 5.06. The highest BCUT2D eigenvalue weighted by Crippen LogP contribution is 2.32. The van der Waals surface area contributed by atoms with Gasteiger partial charge in [-0.15, -0.1) is 0 Å². The zero-order valence-corrected chi connectivity index (χ0v) is 14.1. The zero-order chi connectivity index (χ0) is 17.8. The number of carbonyl (C=O) groups excluding carboxylic acids is 3. The molecule has 0 saturated carbocycles. The number of benzene rings is 1. The van der Waals surface area contributed by atoms with Gasteiger partial charge in [-0.2, -0.15) is 0 Å². The van der Waals surface area contributed by atoms with Crippen LogP contribution in [-0.4, -0.2) is 66.9 Å². The average Bonchev–Trinajstić information content (AvgIpc) is 2.61. The van der Waals surface area contributed by atoms with E-state index in [1.54, 1.807) is 28.0 Å². The highest BCUT2D eigenvalue weighted by molar-refractivity contribution is 6.03. The number of hydrogen-bond donors (Lipinski definition) is 1. The molecule has 1 N–H and O–H groups in total. The van der Waals surface area contributed by atoms with Gasteiger partial charge in [0.2, 0.25) is 17.7 Å². The lowest BCUT2D eigenvalue weighted by atomic mass is 10.2. The Labute approximate surface area is 145 Å². The van der Waals surface area contributed by atoms with Crippen molar-refractivity contribution >= 4 is 23.4 Å². The van der Waals surface area contributed by atoms with Gasteiger partial charge in [0.05, 0.1) is 0 Å². The summed E-state index contributed by atoms with van der Waals surface area (Å²) in [6, 6.07) is 5.12. The van der Waals surface area contributed by atoms with Gasteiger partial charge in [-0.3, -0.25) is 14.4 Å². The van der Waals surface area contributed by atoms with Gasteiger partial charge in [0, 0.05) is 44.9 Å². The van der Waals surface area contributed by atoms with Crippen molar-refractivity contribution in [1.29, 1.82) is 0 Å². The first kappa shape index (κ1) is 17.1. The molecule has 1 saturated heterocycles. The van der Waals surface area contributed by atoms with Gasteiger partial charge in [-0.1, -0.05) is 0 Å². The van der Waals surface area contributed by atoms with E-state index >= 15 is 0 Å². The number of piperazine rings is 1. The molecule has 134 valence electrons. The Morgan fingerprint density at radius 3 is 2.32 bits per heavy atom. The first-order valence-corrected chi connectivity index (χ1v) is 8.26. The minimum Gasteiger partial charge on any atom is -0.486 e. The molecule has 0 unspecified atom stereocenters. The van der Waals surface area contributed by atoms with Crippen LogP contribution < -0.4 is 14.8 Å². The molecule has 8 heteroatoms. The molecular formula is C17H21N3O5. The van der Waals surface area contributed by atoms with Crippen molar-refractivity contribution < 1.29 is 23.9 Å². The van der Waals surface area contributed by atoms with Crippen LogP contribution >= 0.6 is 0 Å². The molecule has 1 fully saturated rings. The van der Waals surface area contributed by atoms with Crippen LogP contribution in [0.4, 0.5) is 5.69 Å². The molecule has 0 bridgehead atoms. The fraction of sp³-hybridized carbons (Fsp3) is 0.471. The van der Waals surface area contributed by atoms with Gasteiger partial charge in [-0.05, 0) is 12.1 Å². The van der Waals surface area contributed by atoms with Gasteiger partial charge < -0.3 is 24.6 Å². The van der Waals surface area contributed by atoms with Gasteiger partial charge in [0.1, 0.15) is 19.6 Å². The van der Waals surface area contributed by atoms with E-state index in [0.717, 1.165) is 0 Å². The fourth-order valence-corrected chi connectivity index (χ4v) is 2.85. The van der Waals surface area contributed by atoms with Crippen molar-refractivity contribution in [3.05, 3.63) is 18.2 Å². The summed E-state index contributed by atoms with van der Waals surface area (Å²) in [4.78, 5) is 38.9. The van der Waals surface area contributed by atoms with Crippen LogP contribution in [0, 0.1) is 0 Å². The topological polar surface area (TPSA) is 88.2 Å². The molecule has 1 aromatic carbocycles. The molecule has 0 aliphatic carbocycles. The number of nitrogens with one attached hydrogen (secondary N) is 1. The van der Waals surface area contributed by atoms with E-state index in [4.69, 9.17) is 9.47 Å². The lowest BCUT2D eigenvalue weighted by Gasteiger charge is -2.34. The van der Waals surface area contributed by atoms with Crippen LogP contribution in [0.5, 0.6) is 11.5 Å². The van der Waals surface area contributed by atoms with E-state index in [-0.39, 0.29) is 24.1 Å². The number of hydrogen-bond acceptors (Lipinski definition) is 5. The number of fused-ring (bicyclic) bond motifs is 1. The summed E-state index contributed by atoms with van der Waals surface area (Å²) in [6.45, 7) is 4.40. The summed E-state index contributed by atoms with van der Waals surface area (Å²) in [6.07, 6.45) is -0.228. The molecule has 0 atom stereocenters. The second-order valence-electron chi connectivity index (χ2n) is 5.97. The quantitative estimate of drug-likeness (QED) is 0.804. The Hall–Kier alpha value is -2.77. The Bertz CT molecular complexity index is 683. The molecule has 2 aliphatic heterocycles. The lowest BCUT2D eigenvalue weighted by molar-refractivity contribution is -0.140. The molecule has 0 radical (unpaired) electrons. The van der Waals surface area contributed by atoms with Gasteiger partial charge in [-0.25, -0.2) is 0 Å². The minimum atomic E-state index is -0.379. The molecule has 3 rings (SSSR count). The van der Waals surface area contributed by atoms with Crippen LogP contribution in [-0.2, 0) is 14.4 Å². The summed E-state index contributed by atoms with van der Waals surface area (Å²) in [5.74, 6) is 0.608. The molecule has 2 heterocycles. The normalized spacial score (nSPS) is 16.4. The van der Waals surface area contributed by atoms with Crippen LogP contribution in [0.15, 0.2) is 18.2 Å². The molecule has 3 amide bonds. The Morgan fingerprint density at radius 1 is 1.00 bits per heavy atom. The summed E-state index contributed by atoms with van der Waals surface area (Å²) in [7, 11) is 0. The highest BCUT2D eigenvalue weighted by Gasteiger charge is 2.24. The van der Waals surface area contributed by atoms with Crippen LogP contribution in [0.2, 0.25) is 0 Å². The Balaban J connectivity index is 1.51. The van der Waals surface area contributed by atoms with E-state index < -0.39 is 0 Å². The first-order chi connectivity index (χ1) is 12.0. The third kappa shape index (κ3) is 4.20. The predicted molar refractivity (Wildman–Crippen MR) is 89.5 cm³/mol. The van der Waals surface area contributed by atoms with E-state index in [2.05, 4.69) is 5.32 Å². The summed E-state index contributed by atoms with van der Waals surface area (Å²) in [5.41, 5.74) is 0.559. The second kappa shape index (κ2) is 7.42. The van der Waals surface area contributed by atoms with Crippen molar-refractivity contribution in [2.75, 3.05) is 44.7 Å². The number of carbonyl (C=O) groups is 3. The van der Waals surface area contributed by atoms with Gasteiger partial charge >= 0.3 is 0 Å². The van der Waals surface area contributed by atoms with Crippen molar-refractivity contribution in [2.24, 2.45) is 0 Å². The molecular weight excluding hydrogens is 326 g/mol. The summed E-state index contributed by atoms with van der Waals surface area (Å²) >= 11 is 0. The SMILES string of the molecule is CC(=O)N1CCN(C(=O)CC(=O)Nc2ccc3c(c2)OCCO3)CC1. The average molecular weight is 347 g/mol. The number of amides is 3. The second-order valence-corrected chi connectivity index (χ2v) is 5.97. The van der Waals surface area contributed by atoms with E-state index in [1.165, 1.54) is 6.92 Å². The molecule has 0 aromatic heterocycles. The Morgan fingerprint density at radius 2 is 1.64 bits per heavy atom. The third-order valence-electron chi connectivity index (χ3n) is 4.22. The molecule has 1 aromatic rings. The molecule has 0 spiro atoms. The van der Waals surface area contributed by atoms with Crippen molar-refractivity contribution in [3.63, 3.8) is 0 Å². The van der Waals surface area contributed by atoms with Crippen molar-refractivity contribution in [2.45, 2.75) is 13.3 Å². The monoisotopic (exact) mass is 347 g/mol. The zero-order valence-electron chi connectivity index (χ0n) is 14.1. The van der Waals surface area contributed by atoms with Crippen LogP contribution in [0.3, 0.4) is 0 Å². The van der Waals surface area contributed by atoms with Gasteiger partial charge in [0.15, 0.2) is 11.5 Å². The van der Waals surface area contributed by atoms with Crippen LogP contribution in [0.1, 0.15) is 13.3 Å². The van der Waals surface area contributed by atoms with Crippen molar-refractivity contribution in [3.8, 4) is 11.5 Å². The standard InChI is InChI=1S/C17H21N3O5/c1-12(21)19-4-6-20(7-5-19)17(23)11-16(22)18-13-2-3-14-15(10-13)25-9-8-24-14/h2-3,10H,4-9,11H2,1H3,(H,18,22). The number of nitrogens with zero attached hydrogens (tertiary/aromatic N) is 2. The fourth-order valence-electron chi connectivity index (χ4n) is 2.85. The largest absolute Gasteiger partial charge is 0.486 e. The predicted octanol–water partition coefficient (Wildman–Crippen LogP) is 0.477. The number of rotatable bonds is 3. The maximum absolute atomic E-state index is 12.2. The minimum absolute atomic E-state index is 0.00319. The van der Waals surface area contributed by atoms with E-state index in [9.17, 15) is 14.4 Å². The van der Waals surface area contributed by atoms with Crippen molar-refractivity contribution in [1.82, 2.24) is 9.80 Å². The molecule has 8 nitrogen and oxygen atoms in total. The smallest absolute Gasteiger partial charge is 0.233 e. The number of anilines is 1. The maximum atomic E-state index is 12.2. The van der Waals surface area contributed by atoms with Gasteiger partial charge in [0.25, 0.3) is 0 Å².